The van der Waals surface area contributed by atoms with E-state index in [2.05, 4.69) is 5.32 Å². The molecule has 2 amide bonds. The summed E-state index contributed by atoms with van der Waals surface area (Å²) in [5.74, 6) is -0.894. The minimum Gasteiger partial charge on any atom is -0.495 e. The molecule has 0 aliphatic carbocycles. The number of rotatable bonds is 8. The molecule has 35 heavy (non-hydrogen) atoms. The van der Waals surface area contributed by atoms with Crippen molar-refractivity contribution in [2.45, 2.75) is 24.8 Å². The summed E-state index contributed by atoms with van der Waals surface area (Å²) in [7, 11) is 1.54. The van der Waals surface area contributed by atoms with Crippen LogP contribution in [0.4, 0.5) is 11.4 Å². The smallest absolute Gasteiger partial charge is 0.338 e. The standard InChI is InChI=1S/C27H24N2O5S/c1-17(2)34-27(32)18-13-15-19(16-14-18)29-25(30)23(28-21-11-7-8-12-22(21)33-3)24(26(29)31)35-20-9-5-4-6-10-20/h4-17,28H,1-3H3. The number of nitrogens with zero attached hydrogens (tertiary/aromatic N) is 1. The van der Waals surface area contributed by atoms with Crippen LogP contribution in [0, 0.1) is 0 Å². The number of nitrogens with one attached hydrogen (secondary N) is 1. The summed E-state index contributed by atoms with van der Waals surface area (Å²) in [5.41, 5.74) is 1.40. The number of ether oxygens (including phenoxy) is 2. The molecule has 1 aliphatic rings. The number of carbonyl (C=O) groups is 3. The minimum absolute atomic E-state index is 0.150. The molecule has 3 aromatic rings. The summed E-state index contributed by atoms with van der Waals surface area (Å²) < 4.78 is 10.6. The summed E-state index contributed by atoms with van der Waals surface area (Å²) in [6, 6.07) is 22.7. The second kappa shape index (κ2) is 10.5. The van der Waals surface area contributed by atoms with Gasteiger partial charge in [0, 0.05) is 4.90 Å². The second-order valence-electron chi connectivity index (χ2n) is 7.89. The first-order valence-corrected chi connectivity index (χ1v) is 11.8. The molecule has 0 saturated carbocycles. The minimum atomic E-state index is -0.503. The third-order valence-corrected chi connectivity index (χ3v) is 6.17. The molecule has 3 aromatic carbocycles. The fraction of sp³-hybridized carbons (Fsp3) is 0.148. The summed E-state index contributed by atoms with van der Waals surface area (Å²) in [4.78, 5) is 41.4. The molecule has 0 unspecified atom stereocenters. The highest BCUT2D eigenvalue weighted by molar-refractivity contribution is 8.04. The van der Waals surface area contributed by atoms with E-state index in [0.717, 1.165) is 9.80 Å². The third kappa shape index (κ3) is 5.22. The summed E-state index contributed by atoms with van der Waals surface area (Å²) in [5, 5.41) is 3.11. The first-order chi connectivity index (χ1) is 16.9. The van der Waals surface area contributed by atoms with Crippen LogP contribution in [-0.4, -0.2) is 31.0 Å². The molecule has 1 heterocycles. The maximum Gasteiger partial charge on any atom is 0.338 e. The maximum absolute atomic E-state index is 13.5. The van der Waals surface area contributed by atoms with E-state index in [-0.39, 0.29) is 16.7 Å². The number of hydrogen-bond acceptors (Lipinski definition) is 7. The summed E-state index contributed by atoms with van der Waals surface area (Å²) in [6.45, 7) is 3.53. The zero-order chi connectivity index (χ0) is 24.9. The van der Waals surface area contributed by atoms with Gasteiger partial charge in [-0.1, -0.05) is 42.1 Å². The molecular formula is C27H24N2O5S. The number of esters is 1. The molecule has 0 aromatic heterocycles. The van der Waals surface area contributed by atoms with Crippen LogP contribution in [0.2, 0.25) is 0 Å². The van der Waals surface area contributed by atoms with Crippen LogP contribution in [0.5, 0.6) is 5.75 Å². The highest BCUT2D eigenvalue weighted by Crippen LogP contribution is 2.39. The van der Waals surface area contributed by atoms with Crippen molar-refractivity contribution >= 4 is 40.9 Å². The second-order valence-corrected chi connectivity index (χ2v) is 8.97. The van der Waals surface area contributed by atoms with Gasteiger partial charge in [-0.05, 0) is 62.4 Å². The molecule has 0 fully saturated rings. The number of hydrogen-bond donors (Lipinski definition) is 1. The largest absolute Gasteiger partial charge is 0.495 e. The zero-order valence-electron chi connectivity index (χ0n) is 19.5. The van der Waals surface area contributed by atoms with E-state index in [1.807, 2.05) is 42.5 Å². The Hall–Kier alpha value is -4.04. The highest BCUT2D eigenvalue weighted by atomic mass is 32.2. The van der Waals surface area contributed by atoms with Crippen molar-refractivity contribution in [1.82, 2.24) is 0 Å². The highest BCUT2D eigenvalue weighted by Gasteiger charge is 2.40. The molecule has 0 atom stereocenters. The lowest BCUT2D eigenvalue weighted by Crippen LogP contribution is -2.32. The quantitative estimate of drug-likeness (QED) is 0.342. The zero-order valence-corrected chi connectivity index (χ0v) is 20.3. The van der Waals surface area contributed by atoms with Gasteiger partial charge in [0.25, 0.3) is 11.8 Å². The Morgan fingerprint density at radius 1 is 0.886 bits per heavy atom. The Labute approximate surface area is 207 Å². The third-order valence-electron chi connectivity index (χ3n) is 5.08. The molecule has 1 N–H and O–H groups in total. The van der Waals surface area contributed by atoms with Gasteiger partial charge in [-0.2, -0.15) is 0 Å². The lowest BCUT2D eigenvalue weighted by Gasteiger charge is -2.16. The van der Waals surface area contributed by atoms with Gasteiger partial charge in [0.1, 0.15) is 16.4 Å². The molecule has 4 rings (SSSR count). The van der Waals surface area contributed by atoms with E-state index in [1.54, 1.807) is 38.1 Å². The Kier molecular flexibility index (Phi) is 7.22. The van der Waals surface area contributed by atoms with Crippen LogP contribution in [0.15, 0.2) is 94.4 Å². The van der Waals surface area contributed by atoms with Crippen molar-refractivity contribution in [3.63, 3.8) is 0 Å². The lowest BCUT2D eigenvalue weighted by atomic mass is 10.2. The molecular weight excluding hydrogens is 464 g/mol. The fourth-order valence-electron chi connectivity index (χ4n) is 3.47. The summed E-state index contributed by atoms with van der Waals surface area (Å²) >= 11 is 1.21. The SMILES string of the molecule is COc1ccccc1NC1=C(Sc2ccccc2)C(=O)N(c2ccc(C(=O)OC(C)C)cc2)C1=O. The average molecular weight is 489 g/mol. The Balaban J connectivity index is 1.68. The number of methoxy groups -OCH3 is 1. The Bertz CT molecular complexity index is 1290. The molecule has 7 nitrogen and oxygen atoms in total. The number of amides is 2. The van der Waals surface area contributed by atoms with E-state index in [1.165, 1.54) is 31.0 Å². The number of carbonyl (C=O) groups excluding carboxylic acids is 3. The number of anilines is 2. The van der Waals surface area contributed by atoms with E-state index in [9.17, 15) is 14.4 Å². The van der Waals surface area contributed by atoms with Gasteiger partial charge in [0.2, 0.25) is 0 Å². The molecule has 0 radical (unpaired) electrons. The fourth-order valence-corrected chi connectivity index (χ4v) is 4.41. The van der Waals surface area contributed by atoms with Crippen LogP contribution in [0.3, 0.4) is 0 Å². The van der Waals surface area contributed by atoms with Gasteiger partial charge >= 0.3 is 5.97 Å². The Morgan fingerprint density at radius 2 is 1.54 bits per heavy atom. The van der Waals surface area contributed by atoms with Gasteiger partial charge in [-0.15, -0.1) is 0 Å². The van der Waals surface area contributed by atoms with Crippen molar-refractivity contribution in [1.29, 1.82) is 0 Å². The Morgan fingerprint density at radius 3 is 2.20 bits per heavy atom. The number of imide groups is 1. The van der Waals surface area contributed by atoms with Crippen molar-refractivity contribution in [2.75, 3.05) is 17.3 Å². The van der Waals surface area contributed by atoms with Crippen LogP contribution in [0.1, 0.15) is 24.2 Å². The van der Waals surface area contributed by atoms with Crippen LogP contribution >= 0.6 is 11.8 Å². The van der Waals surface area contributed by atoms with Gasteiger partial charge in [-0.25, -0.2) is 9.69 Å². The van der Waals surface area contributed by atoms with E-state index >= 15 is 0 Å². The van der Waals surface area contributed by atoms with Gasteiger partial charge in [-0.3, -0.25) is 9.59 Å². The first-order valence-electron chi connectivity index (χ1n) is 11.0. The molecule has 0 saturated heterocycles. The predicted octanol–water partition coefficient (Wildman–Crippen LogP) is 5.25. The number of thioether (sulfide) groups is 1. The maximum atomic E-state index is 13.5. The van der Waals surface area contributed by atoms with Crippen LogP contribution < -0.4 is 15.0 Å². The normalized spacial score (nSPS) is 13.4. The lowest BCUT2D eigenvalue weighted by molar-refractivity contribution is -0.120. The number of benzene rings is 3. The van der Waals surface area contributed by atoms with Gasteiger partial charge in [0.05, 0.1) is 30.2 Å². The molecule has 8 heteroatoms. The molecule has 0 spiro atoms. The first kappa shape index (κ1) is 24.1. The van der Waals surface area contributed by atoms with Crippen LogP contribution in [0.25, 0.3) is 0 Å². The van der Waals surface area contributed by atoms with E-state index in [0.29, 0.717) is 22.7 Å². The van der Waals surface area contributed by atoms with Crippen molar-refractivity contribution < 1.29 is 23.9 Å². The molecule has 1 aliphatic heterocycles. The van der Waals surface area contributed by atoms with Gasteiger partial charge < -0.3 is 14.8 Å². The number of para-hydroxylation sites is 2. The molecule has 178 valence electrons. The van der Waals surface area contributed by atoms with E-state index in [4.69, 9.17) is 9.47 Å². The van der Waals surface area contributed by atoms with Crippen molar-refractivity contribution in [2.24, 2.45) is 0 Å². The topological polar surface area (TPSA) is 84.9 Å². The van der Waals surface area contributed by atoms with Gasteiger partial charge in [0.15, 0.2) is 0 Å². The average Bonchev–Trinajstić information content (AvgIpc) is 3.08. The van der Waals surface area contributed by atoms with Crippen molar-refractivity contribution in [3.05, 3.63) is 95.0 Å². The monoisotopic (exact) mass is 488 g/mol. The van der Waals surface area contributed by atoms with Crippen molar-refractivity contribution in [3.8, 4) is 5.75 Å². The predicted molar refractivity (Wildman–Crippen MR) is 135 cm³/mol. The van der Waals surface area contributed by atoms with E-state index < -0.39 is 17.8 Å². The van der Waals surface area contributed by atoms with Crippen LogP contribution in [-0.2, 0) is 14.3 Å². The summed E-state index contributed by atoms with van der Waals surface area (Å²) in [6.07, 6.45) is -0.255. The molecule has 0 bridgehead atoms.